The Bertz CT molecular complexity index is 223. The first-order valence-electron chi connectivity index (χ1n) is 5.74. The van der Waals surface area contributed by atoms with Gasteiger partial charge in [-0.25, -0.2) is 10.8 Å². The van der Waals surface area contributed by atoms with Gasteiger partial charge in [-0.2, -0.15) is 0 Å². The first kappa shape index (κ1) is 10.7. The van der Waals surface area contributed by atoms with Crippen molar-refractivity contribution in [3.05, 3.63) is 0 Å². The van der Waals surface area contributed by atoms with Gasteiger partial charge in [-0.3, -0.25) is 5.43 Å². The highest BCUT2D eigenvalue weighted by Crippen LogP contribution is 2.28. The van der Waals surface area contributed by atoms with Crippen molar-refractivity contribution in [2.75, 3.05) is 19.8 Å². The number of ether oxygens (including phenoxy) is 1. The molecule has 0 aromatic heterocycles. The zero-order chi connectivity index (χ0) is 10.5. The van der Waals surface area contributed by atoms with Gasteiger partial charge in [0.15, 0.2) is 0 Å². The van der Waals surface area contributed by atoms with E-state index >= 15 is 0 Å². The fourth-order valence-corrected chi connectivity index (χ4v) is 1.31. The molecule has 0 unspecified atom stereocenters. The Labute approximate surface area is 90.4 Å². The second kappa shape index (κ2) is 5.32. The highest BCUT2D eigenvalue weighted by Gasteiger charge is 2.22. The van der Waals surface area contributed by atoms with Crippen LogP contribution in [0.5, 0.6) is 0 Å². The van der Waals surface area contributed by atoms with Gasteiger partial charge in [0.1, 0.15) is 0 Å². The van der Waals surface area contributed by atoms with E-state index in [1.807, 2.05) is 0 Å². The molecule has 5 heteroatoms. The van der Waals surface area contributed by atoms with Crippen molar-refractivity contribution in [1.29, 1.82) is 0 Å². The molecule has 15 heavy (non-hydrogen) atoms. The first-order chi connectivity index (χ1) is 7.38. The minimum absolute atomic E-state index is 0.576. The molecule has 4 N–H and O–H groups in total. The summed E-state index contributed by atoms with van der Waals surface area (Å²) in [5.41, 5.74) is 2.57. The molecule has 86 valence electrons. The average Bonchev–Trinajstić information content (AvgIpc) is 3.10. The summed E-state index contributed by atoms with van der Waals surface area (Å²) in [5, 5.41) is 3.21. The Morgan fingerprint density at radius 1 is 1.33 bits per heavy atom. The summed E-state index contributed by atoms with van der Waals surface area (Å²) in [4.78, 5) is 4.28. The zero-order valence-electron chi connectivity index (χ0n) is 9.04. The van der Waals surface area contributed by atoms with Crippen LogP contribution in [0.4, 0.5) is 0 Å². The molecular formula is C10H20N4O. The maximum absolute atomic E-state index is 5.47. The van der Waals surface area contributed by atoms with Gasteiger partial charge in [0, 0.05) is 12.6 Å². The SMILES string of the molecule is NNC(=NCCOCC1CC1)NC1CC1. The Kier molecular flexibility index (Phi) is 3.80. The summed E-state index contributed by atoms with van der Waals surface area (Å²) in [7, 11) is 0. The van der Waals surface area contributed by atoms with E-state index in [9.17, 15) is 0 Å². The van der Waals surface area contributed by atoms with E-state index in [1.165, 1.54) is 25.7 Å². The maximum Gasteiger partial charge on any atom is 0.206 e. The first-order valence-corrected chi connectivity index (χ1v) is 5.74. The van der Waals surface area contributed by atoms with E-state index in [1.54, 1.807) is 0 Å². The summed E-state index contributed by atoms with van der Waals surface area (Å²) < 4.78 is 5.47. The molecule has 0 heterocycles. The number of nitrogens with zero attached hydrogens (tertiary/aromatic N) is 1. The molecule has 0 bridgehead atoms. The molecule has 2 saturated carbocycles. The van der Waals surface area contributed by atoms with Crippen LogP contribution in [0.2, 0.25) is 0 Å². The van der Waals surface area contributed by atoms with Gasteiger partial charge in [0.25, 0.3) is 0 Å². The fraction of sp³-hybridized carbons (Fsp3) is 0.900. The van der Waals surface area contributed by atoms with Gasteiger partial charge in [0.2, 0.25) is 5.96 Å². The minimum Gasteiger partial charge on any atom is -0.379 e. The molecule has 5 nitrogen and oxygen atoms in total. The maximum atomic E-state index is 5.47. The van der Waals surface area contributed by atoms with Gasteiger partial charge in [-0.15, -0.1) is 0 Å². The smallest absolute Gasteiger partial charge is 0.206 e. The Hall–Kier alpha value is -0.810. The Morgan fingerprint density at radius 2 is 2.13 bits per heavy atom. The number of hydrazine groups is 1. The van der Waals surface area contributed by atoms with Crippen molar-refractivity contribution >= 4 is 5.96 Å². The Morgan fingerprint density at radius 3 is 2.73 bits per heavy atom. The second-order valence-electron chi connectivity index (χ2n) is 4.31. The molecule has 0 radical (unpaired) electrons. The van der Waals surface area contributed by atoms with Gasteiger partial charge in [0.05, 0.1) is 13.2 Å². The fourth-order valence-electron chi connectivity index (χ4n) is 1.31. The minimum atomic E-state index is 0.576. The van der Waals surface area contributed by atoms with Crippen molar-refractivity contribution in [3.63, 3.8) is 0 Å². The third kappa shape index (κ3) is 4.48. The molecule has 0 atom stereocenters. The monoisotopic (exact) mass is 212 g/mol. The number of guanidine groups is 1. The van der Waals surface area contributed by atoms with Crippen LogP contribution in [0.15, 0.2) is 4.99 Å². The van der Waals surface area contributed by atoms with Gasteiger partial charge >= 0.3 is 0 Å². The number of aliphatic imine (C=N–C) groups is 1. The predicted octanol–water partition coefficient (Wildman–Crippen LogP) is -0.0157. The van der Waals surface area contributed by atoms with E-state index in [0.717, 1.165) is 12.5 Å². The third-order valence-electron chi connectivity index (χ3n) is 2.61. The lowest BCUT2D eigenvalue weighted by atomic mass is 10.5. The highest BCUT2D eigenvalue weighted by atomic mass is 16.5. The van der Waals surface area contributed by atoms with E-state index in [0.29, 0.717) is 25.2 Å². The molecule has 0 spiro atoms. The van der Waals surface area contributed by atoms with Crippen LogP contribution in [0, 0.1) is 5.92 Å². The van der Waals surface area contributed by atoms with Crippen LogP contribution in [-0.2, 0) is 4.74 Å². The summed E-state index contributed by atoms with van der Waals surface area (Å²) in [6.45, 7) is 2.26. The van der Waals surface area contributed by atoms with Gasteiger partial charge in [-0.1, -0.05) is 0 Å². The lowest BCUT2D eigenvalue weighted by Gasteiger charge is -2.07. The number of nitrogens with two attached hydrogens (primary N) is 1. The van der Waals surface area contributed by atoms with Crippen LogP contribution < -0.4 is 16.6 Å². The van der Waals surface area contributed by atoms with E-state index in [-0.39, 0.29) is 0 Å². The summed E-state index contributed by atoms with van der Waals surface area (Å²) >= 11 is 0. The topological polar surface area (TPSA) is 71.7 Å². The van der Waals surface area contributed by atoms with Crippen molar-refractivity contribution in [3.8, 4) is 0 Å². The van der Waals surface area contributed by atoms with Crippen LogP contribution in [-0.4, -0.2) is 31.8 Å². The summed E-state index contributed by atoms with van der Waals surface area (Å²) in [5.74, 6) is 6.85. The summed E-state index contributed by atoms with van der Waals surface area (Å²) in [6.07, 6.45) is 5.11. The molecule has 0 aromatic rings. The molecule has 0 amide bonds. The van der Waals surface area contributed by atoms with Crippen LogP contribution in [0.1, 0.15) is 25.7 Å². The normalized spacial score (nSPS) is 21.5. The molecular weight excluding hydrogens is 192 g/mol. The quantitative estimate of drug-likeness (QED) is 0.190. The Balaban J connectivity index is 1.52. The van der Waals surface area contributed by atoms with Crippen molar-refractivity contribution in [2.24, 2.45) is 16.8 Å². The second-order valence-corrected chi connectivity index (χ2v) is 4.31. The lowest BCUT2D eigenvalue weighted by molar-refractivity contribution is 0.131. The average molecular weight is 212 g/mol. The number of hydrogen-bond donors (Lipinski definition) is 3. The molecule has 2 fully saturated rings. The van der Waals surface area contributed by atoms with Gasteiger partial charge in [-0.05, 0) is 31.6 Å². The van der Waals surface area contributed by atoms with Crippen LogP contribution in [0.3, 0.4) is 0 Å². The molecule has 2 aliphatic carbocycles. The summed E-state index contributed by atoms with van der Waals surface area (Å²) in [6, 6.07) is 0.576. The van der Waals surface area contributed by atoms with Crippen molar-refractivity contribution in [2.45, 2.75) is 31.7 Å². The number of hydrogen-bond acceptors (Lipinski definition) is 3. The number of nitrogens with one attached hydrogen (secondary N) is 2. The van der Waals surface area contributed by atoms with E-state index in [4.69, 9.17) is 10.6 Å². The van der Waals surface area contributed by atoms with Crippen LogP contribution >= 0.6 is 0 Å². The standard InChI is InChI=1S/C10H20N4O/c11-14-10(13-9-3-4-9)12-5-6-15-7-8-1-2-8/h8-9H,1-7,11H2,(H2,12,13,14). The van der Waals surface area contributed by atoms with Crippen molar-refractivity contribution in [1.82, 2.24) is 10.7 Å². The van der Waals surface area contributed by atoms with Crippen molar-refractivity contribution < 1.29 is 4.74 Å². The van der Waals surface area contributed by atoms with E-state index in [2.05, 4.69) is 15.7 Å². The molecule has 2 aliphatic rings. The molecule has 2 rings (SSSR count). The van der Waals surface area contributed by atoms with Gasteiger partial charge < -0.3 is 10.1 Å². The highest BCUT2D eigenvalue weighted by molar-refractivity contribution is 5.79. The largest absolute Gasteiger partial charge is 0.379 e. The molecule has 0 aliphatic heterocycles. The molecule has 0 saturated heterocycles. The lowest BCUT2D eigenvalue weighted by Crippen LogP contribution is -2.42. The third-order valence-corrected chi connectivity index (χ3v) is 2.61. The predicted molar refractivity (Wildman–Crippen MR) is 59.3 cm³/mol. The van der Waals surface area contributed by atoms with Crippen LogP contribution in [0.25, 0.3) is 0 Å². The van der Waals surface area contributed by atoms with E-state index < -0.39 is 0 Å². The zero-order valence-corrected chi connectivity index (χ0v) is 9.04. The number of rotatable bonds is 6. The molecule has 0 aromatic carbocycles.